The molecule has 0 bridgehead atoms. The summed E-state index contributed by atoms with van der Waals surface area (Å²) in [4.78, 5) is 10.1. The molecule has 0 aromatic carbocycles. The second kappa shape index (κ2) is 15.0. The topological polar surface area (TPSA) is 211 Å². The Morgan fingerprint density at radius 2 is 1.00 bits per heavy atom. The van der Waals surface area contributed by atoms with Crippen molar-refractivity contribution in [2.75, 3.05) is 0 Å². The van der Waals surface area contributed by atoms with Gasteiger partial charge in [0.05, 0.1) is 0 Å². The molecule has 0 radical (unpaired) electrons. The predicted octanol–water partition coefficient (Wildman–Crippen LogP) is -13.5. The summed E-state index contributed by atoms with van der Waals surface area (Å²) < 4.78 is 69.4. The third kappa shape index (κ3) is 70.7. The van der Waals surface area contributed by atoms with Crippen LogP contribution in [0.5, 0.6) is 0 Å². The number of hydrogen-bond donors (Lipinski definition) is 0. The van der Waals surface area contributed by atoms with Crippen LogP contribution in [0.15, 0.2) is 0 Å². The average molecular weight is 427 g/mol. The normalized spacial score (nSPS) is 10.4. The Kier molecular flexibility index (Phi) is 25.5. The van der Waals surface area contributed by atoms with E-state index in [0.717, 1.165) is 0 Å². The summed E-state index contributed by atoms with van der Waals surface area (Å²) in [5.74, 6) is -1.11. The zero-order chi connectivity index (χ0) is 15.8. The average Bonchev–Trinajstić information content (AvgIpc) is 1.94. The van der Waals surface area contributed by atoms with Crippen molar-refractivity contribution in [2.24, 2.45) is 0 Å². The fraction of sp³-hybridized carbons (Fsp3) is 0.500. The van der Waals surface area contributed by atoms with Crippen molar-refractivity contribution in [3.63, 3.8) is 0 Å². The van der Waals surface area contributed by atoms with Crippen LogP contribution in [0.4, 0.5) is 0 Å². The third-order valence-corrected chi connectivity index (χ3v) is 0.905. The van der Waals surface area contributed by atoms with E-state index in [1.54, 1.807) is 0 Å². The van der Waals surface area contributed by atoms with Gasteiger partial charge in [0, 0.05) is 0 Å². The van der Waals surface area contributed by atoms with Crippen molar-refractivity contribution in [2.45, 2.75) is 3.79 Å². The maximum Gasteiger partial charge on any atom is 1.00 e. The SMILES string of the molecule is O=C(OCl)C(Cl)(Cl)Cl.[Li+].[Na+].[O-][Cl+3]([O-])([O-])[O-].[O-][Cl+3]([O-])([O-])[O-]. The number of alkyl halides is 3. The molecule has 0 atom stereocenters. The fourth-order valence-corrected chi connectivity index (χ4v) is 0.394. The Hall–Kier alpha value is 2.49. The van der Waals surface area contributed by atoms with Gasteiger partial charge < -0.3 is 4.29 Å². The molecule has 0 aliphatic heterocycles. The smallest absolute Gasteiger partial charge is 0.343 e. The summed E-state index contributed by atoms with van der Waals surface area (Å²) in [6, 6.07) is 0. The first-order valence-electron chi connectivity index (χ1n) is 2.61. The summed E-state index contributed by atoms with van der Waals surface area (Å²) >= 11 is 19.4. The molecule has 0 N–H and O–H groups in total. The van der Waals surface area contributed by atoms with Crippen molar-refractivity contribution in [1.29, 1.82) is 0 Å². The van der Waals surface area contributed by atoms with E-state index >= 15 is 0 Å². The van der Waals surface area contributed by atoms with Crippen LogP contribution in [0.1, 0.15) is 0 Å². The van der Waals surface area contributed by atoms with Gasteiger partial charge >= 0.3 is 54.4 Å². The van der Waals surface area contributed by atoms with E-state index in [9.17, 15) is 4.79 Å². The van der Waals surface area contributed by atoms with Crippen LogP contribution < -0.4 is 85.7 Å². The summed E-state index contributed by atoms with van der Waals surface area (Å²) in [5, 5.41) is 0. The van der Waals surface area contributed by atoms with E-state index in [1.165, 1.54) is 0 Å². The molecule has 0 aromatic heterocycles. The summed E-state index contributed by atoms with van der Waals surface area (Å²) in [6.45, 7) is 0. The van der Waals surface area contributed by atoms with Gasteiger partial charge in [-0.1, -0.05) is 34.8 Å². The molecule has 0 amide bonds. The van der Waals surface area contributed by atoms with E-state index in [1.807, 2.05) is 0 Å². The van der Waals surface area contributed by atoms with Crippen LogP contribution in [0, 0.1) is 20.5 Å². The van der Waals surface area contributed by atoms with Gasteiger partial charge in [0.1, 0.15) is 11.9 Å². The quantitative estimate of drug-likeness (QED) is 0.263. The van der Waals surface area contributed by atoms with E-state index in [0.29, 0.717) is 0 Å². The van der Waals surface area contributed by atoms with Gasteiger partial charge in [-0.15, -0.1) is 20.5 Å². The summed E-state index contributed by atoms with van der Waals surface area (Å²) in [5.41, 5.74) is 0. The molecule has 0 aromatic rings. The molecule has 0 spiro atoms. The number of halogens is 6. The van der Waals surface area contributed by atoms with Crippen LogP contribution in [-0.2, 0) is 9.08 Å². The maximum absolute atomic E-state index is 10.1. The van der Waals surface area contributed by atoms with E-state index in [2.05, 4.69) is 16.2 Å². The zero-order valence-electron chi connectivity index (χ0n) is 9.35. The van der Waals surface area contributed by atoms with Crippen molar-refractivity contribution in [3.05, 3.63) is 0 Å². The second-order valence-corrected chi connectivity index (χ2v) is 5.57. The molecular weight excluding hydrogens is 427 g/mol. The molecule has 0 fully saturated rings. The molecule has 0 saturated carbocycles. The molecule has 0 rings (SSSR count). The number of rotatable bonds is 0. The molecule has 18 heteroatoms. The van der Waals surface area contributed by atoms with Crippen LogP contribution >= 0.6 is 46.7 Å². The largest absolute Gasteiger partial charge is 1.00 e. The Labute approximate surface area is 170 Å². The summed E-state index contributed by atoms with van der Waals surface area (Å²) in [7, 11) is -9.89. The van der Waals surface area contributed by atoms with Crippen LogP contribution in [-0.4, -0.2) is 9.76 Å². The van der Waals surface area contributed by atoms with Gasteiger partial charge in [-0.05, 0) is 0 Å². The van der Waals surface area contributed by atoms with Gasteiger partial charge in [0.2, 0.25) is 0 Å². The van der Waals surface area contributed by atoms with Crippen LogP contribution in [0.2, 0.25) is 0 Å². The number of carbonyl (C=O) groups excluding carboxylic acids is 1. The van der Waals surface area contributed by atoms with E-state index < -0.39 is 30.2 Å². The monoisotopic (exact) mass is 424 g/mol. The zero-order valence-corrected chi connectivity index (χ0v) is 15.9. The third-order valence-electron chi connectivity index (χ3n) is 0.302. The predicted molar refractivity (Wildman–Crippen MR) is 32.2 cm³/mol. The second-order valence-electron chi connectivity index (χ2n) is 1.62. The Morgan fingerprint density at radius 1 is 0.850 bits per heavy atom. The molecule has 10 nitrogen and oxygen atoms in total. The Morgan fingerprint density at radius 3 is 1.00 bits per heavy atom. The first-order valence-corrected chi connectivity index (χ1v) is 6.53. The minimum Gasteiger partial charge on any atom is -0.343 e. The minimum absolute atomic E-state index is 0. The molecule has 112 valence electrons. The van der Waals surface area contributed by atoms with Crippen molar-refractivity contribution in [3.8, 4) is 0 Å². The standard InChI is InChI=1S/C2Cl4O2.2ClHO4.Li.Na/c3-2(4,5)1(7)8-6;2*2-1(3,4)5;;/h;2*(H,2,3,4,5);;/q;;;2*+1/p-2. The molecular formula is C2Cl6LiNaO10. The van der Waals surface area contributed by atoms with E-state index in [4.69, 9.17) is 72.1 Å². The molecule has 0 aliphatic rings. The Balaban J connectivity index is -0.0000000558. The van der Waals surface area contributed by atoms with Gasteiger partial charge in [-0.25, -0.2) is 42.1 Å². The number of carbonyl (C=O) groups is 1. The van der Waals surface area contributed by atoms with E-state index in [-0.39, 0.29) is 48.4 Å². The molecule has 20 heavy (non-hydrogen) atoms. The van der Waals surface area contributed by atoms with Crippen molar-refractivity contribution < 1.29 is 115 Å². The van der Waals surface area contributed by atoms with Gasteiger partial charge in [-0.3, -0.25) is 0 Å². The summed E-state index contributed by atoms with van der Waals surface area (Å²) in [6.07, 6.45) is 0. The van der Waals surface area contributed by atoms with Gasteiger partial charge in [0.15, 0.2) is 0 Å². The molecule has 0 saturated heterocycles. The van der Waals surface area contributed by atoms with Crippen LogP contribution in [0.3, 0.4) is 0 Å². The molecule has 0 unspecified atom stereocenters. The van der Waals surface area contributed by atoms with Crippen molar-refractivity contribution >= 4 is 52.6 Å². The maximum atomic E-state index is 10.1. The van der Waals surface area contributed by atoms with Gasteiger partial charge in [-0.2, -0.15) is 0 Å². The first kappa shape index (κ1) is 34.0. The number of hydrogen-bond acceptors (Lipinski definition) is 10. The Bertz CT molecular complexity index is 211. The molecule has 0 aliphatic carbocycles. The fourth-order valence-electron chi connectivity index (χ4n) is 0.0437. The van der Waals surface area contributed by atoms with Gasteiger partial charge in [0.25, 0.3) is 3.79 Å². The first-order chi connectivity index (χ1) is 7.48. The minimum atomic E-state index is -4.94. The van der Waals surface area contributed by atoms with Crippen LogP contribution in [0.25, 0.3) is 0 Å². The van der Waals surface area contributed by atoms with Crippen molar-refractivity contribution in [1.82, 2.24) is 0 Å². The molecule has 0 heterocycles.